The molecule has 1 fully saturated rings. The van der Waals surface area contributed by atoms with Gasteiger partial charge in [0.2, 0.25) is 0 Å². The number of carbonyl (C=O) groups excluding carboxylic acids is 1. The van der Waals surface area contributed by atoms with Crippen molar-refractivity contribution in [2.75, 3.05) is 6.54 Å². The summed E-state index contributed by atoms with van der Waals surface area (Å²) < 4.78 is 0. The molecular formula is C15H21NO. The lowest BCUT2D eigenvalue weighted by molar-refractivity contribution is 0.0943. The standard InChI is InChI=1S/C15H21NO/c1-12-7-9-14(10-8-12)15(17)16-11-13-5-3-2-4-6-13/h7-10,13H,2-6,11H2,1H3,(H,16,17). The summed E-state index contributed by atoms with van der Waals surface area (Å²) in [5, 5.41) is 3.05. The Morgan fingerprint density at radius 2 is 1.82 bits per heavy atom. The molecule has 0 saturated heterocycles. The van der Waals surface area contributed by atoms with Crippen LogP contribution in [0.2, 0.25) is 0 Å². The predicted octanol–water partition coefficient (Wildman–Crippen LogP) is 3.31. The normalized spacial score (nSPS) is 16.8. The molecule has 0 radical (unpaired) electrons. The summed E-state index contributed by atoms with van der Waals surface area (Å²) in [6, 6.07) is 7.75. The first-order chi connectivity index (χ1) is 8.25. The van der Waals surface area contributed by atoms with E-state index in [9.17, 15) is 4.79 Å². The molecule has 1 aromatic rings. The first kappa shape index (κ1) is 12.2. The third-order valence-electron chi connectivity index (χ3n) is 3.59. The van der Waals surface area contributed by atoms with Crippen LogP contribution in [0, 0.1) is 12.8 Å². The van der Waals surface area contributed by atoms with Crippen LogP contribution in [0.25, 0.3) is 0 Å². The number of nitrogens with one attached hydrogen (secondary N) is 1. The van der Waals surface area contributed by atoms with Gasteiger partial charge in [-0.15, -0.1) is 0 Å². The first-order valence-electron chi connectivity index (χ1n) is 6.60. The maximum Gasteiger partial charge on any atom is 0.251 e. The number of amides is 1. The van der Waals surface area contributed by atoms with Gasteiger partial charge in [0.15, 0.2) is 0 Å². The summed E-state index contributed by atoms with van der Waals surface area (Å²) >= 11 is 0. The van der Waals surface area contributed by atoms with Gasteiger partial charge in [0.05, 0.1) is 0 Å². The van der Waals surface area contributed by atoms with Crippen LogP contribution in [0.1, 0.15) is 48.0 Å². The van der Waals surface area contributed by atoms with E-state index in [2.05, 4.69) is 5.32 Å². The third-order valence-corrected chi connectivity index (χ3v) is 3.59. The van der Waals surface area contributed by atoms with Gasteiger partial charge in [0, 0.05) is 12.1 Å². The van der Waals surface area contributed by atoms with E-state index in [-0.39, 0.29) is 5.91 Å². The molecule has 2 heteroatoms. The Morgan fingerprint density at radius 1 is 1.18 bits per heavy atom. The van der Waals surface area contributed by atoms with Crippen LogP contribution < -0.4 is 5.32 Å². The fourth-order valence-electron chi connectivity index (χ4n) is 2.44. The molecule has 1 saturated carbocycles. The van der Waals surface area contributed by atoms with Crippen LogP contribution in [0.3, 0.4) is 0 Å². The molecule has 2 nitrogen and oxygen atoms in total. The Balaban J connectivity index is 1.82. The lowest BCUT2D eigenvalue weighted by atomic mass is 9.89. The van der Waals surface area contributed by atoms with E-state index < -0.39 is 0 Å². The van der Waals surface area contributed by atoms with E-state index in [0.29, 0.717) is 5.92 Å². The number of hydrogen-bond donors (Lipinski definition) is 1. The van der Waals surface area contributed by atoms with Crippen LogP contribution >= 0.6 is 0 Å². The van der Waals surface area contributed by atoms with Gasteiger partial charge < -0.3 is 5.32 Å². The van der Waals surface area contributed by atoms with Gasteiger partial charge >= 0.3 is 0 Å². The van der Waals surface area contributed by atoms with Crippen molar-refractivity contribution >= 4 is 5.91 Å². The number of aryl methyl sites for hydroxylation is 1. The minimum Gasteiger partial charge on any atom is -0.352 e. The molecule has 0 heterocycles. The average Bonchev–Trinajstić information content (AvgIpc) is 2.38. The van der Waals surface area contributed by atoms with Gasteiger partial charge in [-0.3, -0.25) is 4.79 Å². The van der Waals surface area contributed by atoms with E-state index in [1.807, 2.05) is 31.2 Å². The van der Waals surface area contributed by atoms with E-state index in [1.165, 1.54) is 37.7 Å². The minimum atomic E-state index is 0.0653. The van der Waals surface area contributed by atoms with E-state index in [0.717, 1.165) is 12.1 Å². The van der Waals surface area contributed by atoms with Crippen LogP contribution in [-0.2, 0) is 0 Å². The predicted molar refractivity (Wildman–Crippen MR) is 70.1 cm³/mol. The Bertz CT molecular complexity index is 363. The summed E-state index contributed by atoms with van der Waals surface area (Å²) in [5.74, 6) is 0.758. The van der Waals surface area contributed by atoms with Gasteiger partial charge in [0.25, 0.3) is 5.91 Å². The summed E-state index contributed by atoms with van der Waals surface area (Å²) in [7, 11) is 0. The molecule has 0 bridgehead atoms. The molecule has 0 atom stereocenters. The summed E-state index contributed by atoms with van der Waals surface area (Å²) in [5.41, 5.74) is 1.96. The van der Waals surface area contributed by atoms with Crippen molar-refractivity contribution in [3.8, 4) is 0 Å². The number of hydrogen-bond acceptors (Lipinski definition) is 1. The smallest absolute Gasteiger partial charge is 0.251 e. The highest BCUT2D eigenvalue weighted by atomic mass is 16.1. The SMILES string of the molecule is Cc1ccc(C(=O)NCC2CCCCC2)cc1. The molecule has 0 aromatic heterocycles. The summed E-state index contributed by atoms with van der Waals surface area (Å²) in [6.45, 7) is 2.87. The Morgan fingerprint density at radius 3 is 2.47 bits per heavy atom. The first-order valence-corrected chi connectivity index (χ1v) is 6.60. The van der Waals surface area contributed by atoms with Gasteiger partial charge in [-0.2, -0.15) is 0 Å². The minimum absolute atomic E-state index is 0.0653. The van der Waals surface area contributed by atoms with Crippen molar-refractivity contribution < 1.29 is 4.79 Å². The molecule has 1 aliphatic carbocycles. The fraction of sp³-hybridized carbons (Fsp3) is 0.533. The molecule has 2 rings (SSSR count). The molecule has 1 N–H and O–H groups in total. The molecule has 17 heavy (non-hydrogen) atoms. The fourth-order valence-corrected chi connectivity index (χ4v) is 2.44. The second-order valence-corrected chi connectivity index (χ2v) is 5.08. The molecule has 1 amide bonds. The lowest BCUT2D eigenvalue weighted by Gasteiger charge is -2.21. The van der Waals surface area contributed by atoms with Gasteiger partial charge in [-0.05, 0) is 37.8 Å². The summed E-state index contributed by atoms with van der Waals surface area (Å²) in [4.78, 5) is 11.9. The van der Waals surface area contributed by atoms with Crippen molar-refractivity contribution in [2.45, 2.75) is 39.0 Å². The molecule has 92 valence electrons. The highest BCUT2D eigenvalue weighted by molar-refractivity contribution is 5.94. The van der Waals surface area contributed by atoms with Gasteiger partial charge in [0.1, 0.15) is 0 Å². The number of benzene rings is 1. The zero-order valence-electron chi connectivity index (χ0n) is 10.5. The van der Waals surface area contributed by atoms with Gasteiger partial charge in [-0.1, -0.05) is 37.0 Å². The van der Waals surface area contributed by atoms with Crippen LogP contribution in [0.4, 0.5) is 0 Å². The van der Waals surface area contributed by atoms with Crippen LogP contribution in [0.5, 0.6) is 0 Å². The second kappa shape index (κ2) is 5.85. The monoisotopic (exact) mass is 231 g/mol. The highest BCUT2D eigenvalue weighted by Gasteiger charge is 2.14. The molecular weight excluding hydrogens is 210 g/mol. The van der Waals surface area contributed by atoms with Crippen molar-refractivity contribution in [2.24, 2.45) is 5.92 Å². The van der Waals surface area contributed by atoms with Gasteiger partial charge in [-0.25, -0.2) is 0 Å². The quantitative estimate of drug-likeness (QED) is 0.849. The average molecular weight is 231 g/mol. The Kier molecular flexibility index (Phi) is 4.18. The molecule has 0 spiro atoms. The van der Waals surface area contributed by atoms with E-state index in [4.69, 9.17) is 0 Å². The number of carbonyl (C=O) groups is 1. The van der Waals surface area contributed by atoms with Crippen LogP contribution in [-0.4, -0.2) is 12.5 Å². The maximum absolute atomic E-state index is 11.9. The maximum atomic E-state index is 11.9. The third kappa shape index (κ3) is 3.58. The summed E-state index contributed by atoms with van der Waals surface area (Å²) in [6.07, 6.45) is 6.56. The highest BCUT2D eigenvalue weighted by Crippen LogP contribution is 2.22. The molecule has 0 aliphatic heterocycles. The number of rotatable bonds is 3. The molecule has 1 aliphatic rings. The Hall–Kier alpha value is -1.31. The van der Waals surface area contributed by atoms with Crippen LogP contribution in [0.15, 0.2) is 24.3 Å². The molecule has 1 aromatic carbocycles. The Labute approximate surface area is 103 Å². The largest absolute Gasteiger partial charge is 0.352 e. The van der Waals surface area contributed by atoms with E-state index >= 15 is 0 Å². The molecule has 0 unspecified atom stereocenters. The zero-order chi connectivity index (χ0) is 12.1. The van der Waals surface area contributed by atoms with Crippen molar-refractivity contribution in [1.82, 2.24) is 5.32 Å². The lowest BCUT2D eigenvalue weighted by Crippen LogP contribution is -2.30. The van der Waals surface area contributed by atoms with Crippen molar-refractivity contribution in [3.05, 3.63) is 35.4 Å². The second-order valence-electron chi connectivity index (χ2n) is 5.08. The zero-order valence-corrected chi connectivity index (χ0v) is 10.5. The van der Waals surface area contributed by atoms with E-state index in [1.54, 1.807) is 0 Å². The van der Waals surface area contributed by atoms with Crippen molar-refractivity contribution in [1.29, 1.82) is 0 Å². The van der Waals surface area contributed by atoms with Crippen molar-refractivity contribution in [3.63, 3.8) is 0 Å². The topological polar surface area (TPSA) is 29.1 Å².